The predicted molar refractivity (Wildman–Crippen MR) is 80.6 cm³/mol. The zero-order valence-electron chi connectivity index (χ0n) is 12.0. The van der Waals surface area contributed by atoms with Gasteiger partial charge in [0.25, 0.3) is 0 Å². The van der Waals surface area contributed by atoms with Crippen molar-refractivity contribution in [1.29, 1.82) is 0 Å². The van der Waals surface area contributed by atoms with Crippen molar-refractivity contribution in [2.45, 2.75) is 33.1 Å². The molecule has 1 nitrogen and oxygen atoms in total. The van der Waals surface area contributed by atoms with Gasteiger partial charge in [0.05, 0.1) is 6.61 Å². The van der Waals surface area contributed by atoms with E-state index in [1.54, 1.807) is 0 Å². The zero-order valence-corrected chi connectivity index (χ0v) is 12.0. The van der Waals surface area contributed by atoms with Crippen molar-refractivity contribution in [3.63, 3.8) is 0 Å². The molecule has 0 bridgehead atoms. The van der Waals surface area contributed by atoms with E-state index in [1.165, 1.54) is 27.8 Å². The highest BCUT2D eigenvalue weighted by Crippen LogP contribution is 2.22. The molecular formula is C18H22O. The Hall–Kier alpha value is -1.60. The van der Waals surface area contributed by atoms with Crippen LogP contribution in [0, 0.1) is 20.8 Å². The maximum atomic E-state index is 9.63. The van der Waals surface area contributed by atoms with Crippen molar-refractivity contribution < 1.29 is 5.11 Å². The summed E-state index contributed by atoms with van der Waals surface area (Å²) in [6.07, 6.45) is 0.890. The van der Waals surface area contributed by atoms with Gasteiger partial charge in [-0.15, -0.1) is 0 Å². The zero-order chi connectivity index (χ0) is 13.8. The molecule has 0 aliphatic rings. The van der Waals surface area contributed by atoms with Crippen molar-refractivity contribution in [2.75, 3.05) is 6.61 Å². The predicted octanol–water partition coefficient (Wildman–Crippen LogP) is 3.93. The lowest BCUT2D eigenvalue weighted by molar-refractivity contribution is 0.264. The molecule has 0 aliphatic carbocycles. The van der Waals surface area contributed by atoms with Crippen LogP contribution in [0.4, 0.5) is 0 Å². The van der Waals surface area contributed by atoms with Gasteiger partial charge in [0.2, 0.25) is 0 Å². The van der Waals surface area contributed by atoms with E-state index in [0.717, 1.165) is 6.42 Å². The fourth-order valence-electron chi connectivity index (χ4n) is 2.34. The Morgan fingerprint density at radius 2 is 1.58 bits per heavy atom. The van der Waals surface area contributed by atoms with E-state index in [-0.39, 0.29) is 12.5 Å². The summed E-state index contributed by atoms with van der Waals surface area (Å²) >= 11 is 0. The molecule has 0 aromatic heterocycles. The van der Waals surface area contributed by atoms with Crippen LogP contribution < -0.4 is 0 Å². The smallest absolute Gasteiger partial charge is 0.0502 e. The number of hydrogen-bond donors (Lipinski definition) is 1. The van der Waals surface area contributed by atoms with Gasteiger partial charge in [-0.25, -0.2) is 0 Å². The number of aliphatic hydroxyl groups excluding tert-OH is 1. The topological polar surface area (TPSA) is 20.2 Å². The summed E-state index contributed by atoms with van der Waals surface area (Å²) < 4.78 is 0. The Labute approximate surface area is 115 Å². The fourth-order valence-corrected chi connectivity index (χ4v) is 2.34. The number of hydrogen-bond acceptors (Lipinski definition) is 1. The molecule has 0 saturated carbocycles. The molecule has 0 amide bonds. The lowest BCUT2D eigenvalue weighted by atomic mass is 9.91. The van der Waals surface area contributed by atoms with Gasteiger partial charge in [-0.1, -0.05) is 48.0 Å². The summed E-state index contributed by atoms with van der Waals surface area (Å²) in [5, 5.41) is 9.63. The fraction of sp³-hybridized carbons (Fsp3) is 0.333. The second kappa shape index (κ2) is 6.03. The molecule has 19 heavy (non-hydrogen) atoms. The third kappa shape index (κ3) is 3.45. The highest BCUT2D eigenvalue weighted by atomic mass is 16.3. The van der Waals surface area contributed by atoms with Gasteiger partial charge in [-0.2, -0.15) is 0 Å². The van der Waals surface area contributed by atoms with Crippen LogP contribution in [-0.4, -0.2) is 11.7 Å². The summed E-state index contributed by atoms with van der Waals surface area (Å²) in [4.78, 5) is 0. The lowest BCUT2D eigenvalue weighted by Gasteiger charge is -2.16. The lowest BCUT2D eigenvalue weighted by Crippen LogP contribution is -2.08. The largest absolute Gasteiger partial charge is 0.396 e. The molecule has 0 radical (unpaired) electrons. The van der Waals surface area contributed by atoms with E-state index in [1.807, 2.05) is 0 Å². The summed E-state index contributed by atoms with van der Waals surface area (Å²) in [5.41, 5.74) is 6.40. The van der Waals surface area contributed by atoms with E-state index in [9.17, 15) is 5.11 Å². The Balaban J connectivity index is 2.18. The quantitative estimate of drug-likeness (QED) is 0.876. The molecule has 0 heterocycles. The second-order valence-corrected chi connectivity index (χ2v) is 5.41. The van der Waals surface area contributed by atoms with E-state index in [2.05, 4.69) is 63.2 Å². The Morgan fingerprint density at radius 1 is 0.895 bits per heavy atom. The molecule has 2 aromatic carbocycles. The molecule has 2 rings (SSSR count). The van der Waals surface area contributed by atoms with E-state index >= 15 is 0 Å². The van der Waals surface area contributed by atoms with E-state index in [4.69, 9.17) is 0 Å². The van der Waals surface area contributed by atoms with E-state index in [0.29, 0.717) is 0 Å². The van der Waals surface area contributed by atoms with Gasteiger partial charge in [0, 0.05) is 5.92 Å². The molecule has 2 aromatic rings. The SMILES string of the molecule is Cc1ccc(C(CO)Cc2ccc(C)c(C)c2)cc1. The highest BCUT2D eigenvalue weighted by molar-refractivity contribution is 5.32. The van der Waals surface area contributed by atoms with Gasteiger partial charge in [0.15, 0.2) is 0 Å². The Kier molecular flexibility index (Phi) is 4.39. The van der Waals surface area contributed by atoms with Crippen LogP contribution in [0.15, 0.2) is 42.5 Å². The van der Waals surface area contributed by atoms with Crippen LogP contribution in [0.2, 0.25) is 0 Å². The number of aliphatic hydroxyl groups is 1. The minimum atomic E-state index is 0.183. The summed E-state index contributed by atoms with van der Waals surface area (Å²) in [5.74, 6) is 0.183. The van der Waals surface area contributed by atoms with Crippen molar-refractivity contribution in [1.82, 2.24) is 0 Å². The minimum Gasteiger partial charge on any atom is -0.396 e. The average Bonchev–Trinajstić information content (AvgIpc) is 2.41. The maximum Gasteiger partial charge on any atom is 0.0502 e. The molecule has 1 atom stereocenters. The van der Waals surface area contributed by atoms with Gasteiger partial charge in [-0.3, -0.25) is 0 Å². The van der Waals surface area contributed by atoms with Crippen molar-refractivity contribution in [3.8, 4) is 0 Å². The van der Waals surface area contributed by atoms with Crippen molar-refractivity contribution in [3.05, 3.63) is 70.3 Å². The minimum absolute atomic E-state index is 0.183. The van der Waals surface area contributed by atoms with E-state index < -0.39 is 0 Å². The normalized spacial score (nSPS) is 12.4. The molecule has 0 fully saturated rings. The van der Waals surface area contributed by atoms with Crippen LogP contribution in [0.1, 0.15) is 33.7 Å². The molecule has 100 valence electrons. The monoisotopic (exact) mass is 254 g/mol. The first kappa shape index (κ1) is 13.8. The molecular weight excluding hydrogens is 232 g/mol. The van der Waals surface area contributed by atoms with Gasteiger partial charge in [0.1, 0.15) is 0 Å². The van der Waals surface area contributed by atoms with Crippen LogP contribution in [0.25, 0.3) is 0 Å². The number of benzene rings is 2. The van der Waals surface area contributed by atoms with Gasteiger partial charge in [-0.05, 0) is 49.4 Å². The first-order chi connectivity index (χ1) is 9.10. The first-order valence-electron chi connectivity index (χ1n) is 6.83. The average molecular weight is 254 g/mol. The van der Waals surface area contributed by atoms with Crippen molar-refractivity contribution in [2.24, 2.45) is 0 Å². The van der Waals surface area contributed by atoms with Crippen LogP contribution >= 0.6 is 0 Å². The maximum absolute atomic E-state index is 9.63. The van der Waals surface area contributed by atoms with Crippen LogP contribution in [0.3, 0.4) is 0 Å². The third-order valence-electron chi connectivity index (χ3n) is 3.82. The third-order valence-corrected chi connectivity index (χ3v) is 3.82. The summed E-state index contributed by atoms with van der Waals surface area (Å²) in [7, 11) is 0. The van der Waals surface area contributed by atoms with Crippen molar-refractivity contribution >= 4 is 0 Å². The first-order valence-corrected chi connectivity index (χ1v) is 6.83. The molecule has 1 unspecified atom stereocenters. The van der Waals surface area contributed by atoms with Crippen LogP contribution in [0.5, 0.6) is 0 Å². The Morgan fingerprint density at radius 3 is 2.16 bits per heavy atom. The number of rotatable bonds is 4. The standard InChI is InChI=1S/C18H22O/c1-13-4-8-17(9-5-13)18(12-19)11-16-7-6-14(2)15(3)10-16/h4-10,18-19H,11-12H2,1-3H3. The van der Waals surface area contributed by atoms with Crippen LogP contribution in [-0.2, 0) is 6.42 Å². The highest BCUT2D eigenvalue weighted by Gasteiger charge is 2.11. The number of aryl methyl sites for hydroxylation is 3. The summed E-state index contributed by atoms with van der Waals surface area (Å²) in [6.45, 7) is 6.54. The molecule has 0 saturated heterocycles. The second-order valence-electron chi connectivity index (χ2n) is 5.41. The molecule has 1 heteroatoms. The summed E-state index contributed by atoms with van der Waals surface area (Å²) in [6, 6.07) is 15.0. The molecule has 0 aliphatic heterocycles. The van der Waals surface area contributed by atoms with Gasteiger partial charge < -0.3 is 5.11 Å². The molecule has 0 spiro atoms. The Bertz CT molecular complexity index is 540. The van der Waals surface area contributed by atoms with Gasteiger partial charge >= 0.3 is 0 Å². The molecule has 1 N–H and O–H groups in total.